The van der Waals surface area contributed by atoms with Gasteiger partial charge in [0, 0.05) is 19.0 Å². The molecule has 1 unspecified atom stereocenters. The first-order valence-corrected chi connectivity index (χ1v) is 6.36. The van der Waals surface area contributed by atoms with E-state index in [4.69, 9.17) is 5.73 Å². The van der Waals surface area contributed by atoms with E-state index >= 15 is 0 Å². The van der Waals surface area contributed by atoms with Gasteiger partial charge in [-0.25, -0.2) is 0 Å². The Morgan fingerprint density at radius 3 is 2.31 bits per heavy atom. The zero-order valence-corrected chi connectivity index (χ0v) is 11.5. The van der Waals surface area contributed by atoms with Crippen molar-refractivity contribution in [3.05, 3.63) is 0 Å². The molecule has 0 radical (unpaired) electrons. The van der Waals surface area contributed by atoms with Crippen LogP contribution in [-0.4, -0.2) is 30.4 Å². The molecule has 0 spiro atoms. The highest BCUT2D eigenvalue weighted by atomic mass is 16.2. The SMILES string of the molecule is CCCN(CC(C)(C)CN)C(=O)C(C)CC. The molecule has 0 aliphatic heterocycles. The Hall–Kier alpha value is -0.570. The van der Waals surface area contributed by atoms with Crippen molar-refractivity contribution in [2.24, 2.45) is 17.1 Å². The summed E-state index contributed by atoms with van der Waals surface area (Å²) >= 11 is 0. The number of rotatable bonds is 7. The second-order valence-electron chi connectivity index (χ2n) is 5.44. The minimum absolute atomic E-state index is 0.0122. The van der Waals surface area contributed by atoms with E-state index < -0.39 is 0 Å². The van der Waals surface area contributed by atoms with Crippen LogP contribution in [0.5, 0.6) is 0 Å². The molecule has 0 aliphatic rings. The van der Waals surface area contributed by atoms with Gasteiger partial charge in [-0.3, -0.25) is 4.79 Å². The maximum atomic E-state index is 12.1. The van der Waals surface area contributed by atoms with Gasteiger partial charge in [0.2, 0.25) is 5.91 Å². The first kappa shape index (κ1) is 15.4. The monoisotopic (exact) mass is 228 g/mol. The molecule has 0 saturated carbocycles. The number of nitrogens with two attached hydrogens (primary N) is 1. The van der Waals surface area contributed by atoms with E-state index in [-0.39, 0.29) is 17.2 Å². The third kappa shape index (κ3) is 4.97. The molecule has 1 amide bonds. The fraction of sp³-hybridized carbons (Fsp3) is 0.923. The van der Waals surface area contributed by atoms with E-state index in [1.165, 1.54) is 0 Å². The van der Waals surface area contributed by atoms with Gasteiger partial charge in [0.1, 0.15) is 0 Å². The predicted octanol–water partition coefficient (Wildman–Crippen LogP) is 2.26. The molecule has 3 heteroatoms. The molecule has 16 heavy (non-hydrogen) atoms. The lowest BCUT2D eigenvalue weighted by Crippen LogP contribution is -2.44. The van der Waals surface area contributed by atoms with Crippen LogP contribution in [0.25, 0.3) is 0 Å². The number of nitrogens with zero attached hydrogens (tertiary/aromatic N) is 1. The zero-order valence-electron chi connectivity index (χ0n) is 11.5. The molecule has 0 bridgehead atoms. The van der Waals surface area contributed by atoms with Crippen LogP contribution in [0.1, 0.15) is 47.5 Å². The van der Waals surface area contributed by atoms with Crippen molar-refractivity contribution in [3.8, 4) is 0 Å². The Labute approximate surface area is 100 Å². The van der Waals surface area contributed by atoms with Crippen LogP contribution in [0.15, 0.2) is 0 Å². The molecule has 0 aromatic heterocycles. The average Bonchev–Trinajstić information content (AvgIpc) is 2.26. The highest BCUT2D eigenvalue weighted by Crippen LogP contribution is 2.17. The highest BCUT2D eigenvalue weighted by molar-refractivity contribution is 5.78. The third-order valence-electron chi connectivity index (χ3n) is 3.01. The summed E-state index contributed by atoms with van der Waals surface area (Å²) in [5, 5.41) is 0. The standard InChI is InChI=1S/C13H28N2O/c1-6-8-15(10-13(4,5)9-14)12(16)11(3)7-2/h11H,6-10,14H2,1-5H3. The molecule has 3 nitrogen and oxygen atoms in total. The molecule has 2 N–H and O–H groups in total. The van der Waals surface area contributed by atoms with Crippen molar-refractivity contribution < 1.29 is 4.79 Å². The minimum atomic E-state index is 0.0122. The summed E-state index contributed by atoms with van der Waals surface area (Å²) in [4.78, 5) is 14.1. The Bertz CT molecular complexity index is 214. The zero-order chi connectivity index (χ0) is 12.8. The van der Waals surface area contributed by atoms with E-state index in [2.05, 4.69) is 27.7 Å². The van der Waals surface area contributed by atoms with Gasteiger partial charge in [0.15, 0.2) is 0 Å². The second-order valence-corrected chi connectivity index (χ2v) is 5.44. The summed E-state index contributed by atoms with van der Waals surface area (Å²) in [7, 11) is 0. The second kappa shape index (κ2) is 6.89. The number of carbonyl (C=O) groups excluding carboxylic acids is 1. The van der Waals surface area contributed by atoms with E-state index in [1.807, 2.05) is 11.8 Å². The van der Waals surface area contributed by atoms with Crippen LogP contribution in [0.3, 0.4) is 0 Å². The molecule has 1 atom stereocenters. The molecule has 0 rings (SSSR count). The summed E-state index contributed by atoms with van der Waals surface area (Å²) in [6, 6.07) is 0. The fourth-order valence-electron chi connectivity index (χ4n) is 1.60. The van der Waals surface area contributed by atoms with Gasteiger partial charge in [-0.05, 0) is 24.8 Å². The van der Waals surface area contributed by atoms with Crippen molar-refractivity contribution in [3.63, 3.8) is 0 Å². The lowest BCUT2D eigenvalue weighted by molar-refractivity contribution is -0.136. The van der Waals surface area contributed by atoms with Crippen LogP contribution < -0.4 is 5.73 Å². The average molecular weight is 228 g/mol. The number of carbonyl (C=O) groups is 1. The Morgan fingerprint density at radius 1 is 1.38 bits per heavy atom. The Morgan fingerprint density at radius 2 is 1.94 bits per heavy atom. The van der Waals surface area contributed by atoms with Crippen molar-refractivity contribution in [1.82, 2.24) is 4.90 Å². The maximum Gasteiger partial charge on any atom is 0.225 e. The summed E-state index contributed by atoms with van der Waals surface area (Å²) in [5.41, 5.74) is 5.73. The van der Waals surface area contributed by atoms with Crippen LogP contribution in [0, 0.1) is 11.3 Å². The molecular weight excluding hydrogens is 200 g/mol. The van der Waals surface area contributed by atoms with Crippen molar-refractivity contribution >= 4 is 5.91 Å². The van der Waals surface area contributed by atoms with Gasteiger partial charge in [0.05, 0.1) is 0 Å². The molecule has 0 heterocycles. The van der Waals surface area contributed by atoms with Gasteiger partial charge in [-0.1, -0.05) is 34.6 Å². The molecule has 0 aliphatic carbocycles. The molecule has 0 saturated heterocycles. The number of hydrogen-bond acceptors (Lipinski definition) is 2. The van der Waals surface area contributed by atoms with E-state index in [0.717, 1.165) is 25.9 Å². The van der Waals surface area contributed by atoms with Crippen molar-refractivity contribution in [1.29, 1.82) is 0 Å². The van der Waals surface area contributed by atoms with E-state index in [0.29, 0.717) is 6.54 Å². The summed E-state index contributed by atoms with van der Waals surface area (Å²) in [5.74, 6) is 0.394. The normalized spacial score (nSPS) is 13.6. The van der Waals surface area contributed by atoms with Gasteiger partial charge >= 0.3 is 0 Å². The lowest BCUT2D eigenvalue weighted by Gasteiger charge is -2.33. The molecule has 0 aromatic rings. The summed E-state index contributed by atoms with van der Waals surface area (Å²) < 4.78 is 0. The topological polar surface area (TPSA) is 46.3 Å². The summed E-state index contributed by atoms with van der Waals surface area (Å²) in [6.45, 7) is 12.6. The quantitative estimate of drug-likeness (QED) is 0.726. The van der Waals surface area contributed by atoms with E-state index in [9.17, 15) is 4.79 Å². The molecule has 0 aromatic carbocycles. The smallest absolute Gasteiger partial charge is 0.225 e. The first-order valence-electron chi connectivity index (χ1n) is 6.36. The van der Waals surface area contributed by atoms with Crippen LogP contribution in [0.2, 0.25) is 0 Å². The lowest BCUT2D eigenvalue weighted by atomic mass is 9.92. The summed E-state index contributed by atoms with van der Waals surface area (Å²) in [6.07, 6.45) is 1.91. The van der Waals surface area contributed by atoms with Gasteiger partial charge < -0.3 is 10.6 Å². The fourth-order valence-corrected chi connectivity index (χ4v) is 1.60. The van der Waals surface area contributed by atoms with Gasteiger partial charge in [0.25, 0.3) is 0 Å². The first-order chi connectivity index (χ1) is 7.37. The van der Waals surface area contributed by atoms with Crippen molar-refractivity contribution in [2.75, 3.05) is 19.6 Å². The van der Waals surface area contributed by atoms with Crippen LogP contribution in [0.4, 0.5) is 0 Å². The maximum absolute atomic E-state index is 12.1. The highest BCUT2D eigenvalue weighted by Gasteiger charge is 2.25. The van der Waals surface area contributed by atoms with Gasteiger partial charge in [-0.15, -0.1) is 0 Å². The van der Waals surface area contributed by atoms with Crippen LogP contribution in [-0.2, 0) is 4.79 Å². The van der Waals surface area contributed by atoms with Crippen LogP contribution >= 0.6 is 0 Å². The molecule has 96 valence electrons. The largest absolute Gasteiger partial charge is 0.342 e. The molecule has 0 fully saturated rings. The number of hydrogen-bond donors (Lipinski definition) is 1. The molecular formula is C13H28N2O. The third-order valence-corrected chi connectivity index (χ3v) is 3.01. The van der Waals surface area contributed by atoms with E-state index in [1.54, 1.807) is 0 Å². The Balaban J connectivity index is 4.54. The minimum Gasteiger partial charge on any atom is -0.342 e. The van der Waals surface area contributed by atoms with Gasteiger partial charge in [-0.2, -0.15) is 0 Å². The van der Waals surface area contributed by atoms with Crippen molar-refractivity contribution in [2.45, 2.75) is 47.5 Å². The predicted molar refractivity (Wildman–Crippen MR) is 69.2 cm³/mol. The Kier molecular flexibility index (Phi) is 6.65. The number of amides is 1.